The van der Waals surface area contributed by atoms with Crippen molar-refractivity contribution in [1.82, 2.24) is 29.8 Å². The fraction of sp³-hybridized carbons (Fsp3) is 0.567. The molecule has 1 amide bonds. The van der Waals surface area contributed by atoms with Crippen LogP contribution in [0.5, 0.6) is 0 Å². The van der Waals surface area contributed by atoms with Crippen molar-refractivity contribution in [3.05, 3.63) is 39.7 Å². The summed E-state index contributed by atoms with van der Waals surface area (Å²) in [6, 6.07) is 0.0216. The maximum atomic E-state index is 13.0. The van der Waals surface area contributed by atoms with E-state index in [4.69, 9.17) is 0 Å². The second-order valence-corrected chi connectivity index (χ2v) is 13.2. The van der Waals surface area contributed by atoms with E-state index < -0.39 is 0 Å². The van der Waals surface area contributed by atoms with Crippen molar-refractivity contribution in [2.45, 2.75) is 84.1 Å². The molecule has 0 radical (unpaired) electrons. The quantitative estimate of drug-likeness (QED) is 0.362. The van der Waals surface area contributed by atoms with E-state index in [-0.39, 0.29) is 6.04 Å². The average Bonchev–Trinajstić information content (AvgIpc) is 3.71. The van der Waals surface area contributed by atoms with Crippen LogP contribution in [0.1, 0.15) is 85.4 Å². The van der Waals surface area contributed by atoms with Crippen LogP contribution in [0.25, 0.3) is 27.1 Å². The number of H-pyrrole nitrogens is 1. The summed E-state index contributed by atoms with van der Waals surface area (Å²) < 4.78 is 1.97. The van der Waals surface area contributed by atoms with Crippen LogP contribution < -0.4 is 5.32 Å². The summed E-state index contributed by atoms with van der Waals surface area (Å²) in [5, 5.41) is 9.35. The van der Waals surface area contributed by atoms with Gasteiger partial charge in [0.15, 0.2) is 5.65 Å². The van der Waals surface area contributed by atoms with Crippen molar-refractivity contribution in [3.8, 4) is 11.3 Å². The maximum absolute atomic E-state index is 13.0. The van der Waals surface area contributed by atoms with Gasteiger partial charge < -0.3 is 15.2 Å². The topological polar surface area (TPSA) is 78.3 Å². The number of aromatic amines is 1. The van der Waals surface area contributed by atoms with Gasteiger partial charge in [0, 0.05) is 40.7 Å². The van der Waals surface area contributed by atoms with Crippen LogP contribution in [0.4, 0.5) is 0 Å². The van der Waals surface area contributed by atoms with Crippen molar-refractivity contribution < 1.29 is 4.79 Å². The van der Waals surface area contributed by atoms with Gasteiger partial charge in [-0.1, -0.05) is 20.8 Å². The van der Waals surface area contributed by atoms with Crippen LogP contribution in [0.2, 0.25) is 0 Å². The zero-order valence-corrected chi connectivity index (χ0v) is 23.7. The van der Waals surface area contributed by atoms with Gasteiger partial charge in [-0.25, -0.2) is 9.50 Å². The molecule has 200 valence electrons. The summed E-state index contributed by atoms with van der Waals surface area (Å²) in [5.41, 5.74) is 9.27. The molecule has 7 nitrogen and oxygen atoms in total. The zero-order valence-electron chi connectivity index (χ0n) is 22.9. The van der Waals surface area contributed by atoms with E-state index in [9.17, 15) is 4.79 Å². The van der Waals surface area contributed by atoms with Gasteiger partial charge in [-0.2, -0.15) is 5.10 Å². The summed E-state index contributed by atoms with van der Waals surface area (Å²) in [6.07, 6.45) is 10.3. The highest BCUT2D eigenvalue weighted by molar-refractivity contribution is 7.19. The van der Waals surface area contributed by atoms with Gasteiger partial charge >= 0.3 is 0 Å². The Kier molecular flexibility index (Phi) is 5.89. The number of aryl methyl sites for hydroxylation is 2. The van der Waals surface area contributed by atoms with E-state index in [2.05, 4.69) is 59.2 Å². The predicted octanol–water partition coefficient (Wildman–Crippen LogP) is 5.56. The third kappa shape index (κ3) is 3.74. The fourth-order valence-corrected chi connectivity index (χ4v) is 8.77. The number of carbonyl (C=O) groups excluding carboxylic acids is 1. The molecular weight excluding hydrogens is 492 g/mol. The van der Waals surface area contributed by atoms with Crippen LogP contribution in [0.15, 0.2) is 12.5 Å². The summed E-state index contributed by atoms with van der Waals surface area (Å²) >= 11 is 1.95. The van der Waals surface area contributed by atoms with Crippen LogP contribution in [0.3, 0.4) is 0 Å². The third-order valence-corrected chi connectivity index (χ3v) is 10.6. The van der Waals surface area contributed by atoms with Crippen molar-refractivity contribution >= 4 is 33.1 Å². The van der Waals surface area contributed by atoms with Crippen LogP contribution in [-0.2, 0) is 17.6 Å². The number of nitrogens with zero attached hydrogens (tertiary/aromatic N) is 4. The molecule has 2 fully saturated rings. The number of piperidine rings is 1. The Balaban J connectivity index is 1.21. The van der Waals surface area contributed by atoms with E-state index in [1.807, 2.05) is 15.9 Å². The Labute approximate surface area is 228 Å². The molecule has 2 aliphatic heterocycles. The largest absolute Gasteiger partial charge is 0.346 e. The third-order valence-electron chi connectivity index (χ3n) is 9.27. The molecule has 0 aromatic carbocycles. The average molecular weight is 531 g/mol. The highest BCUT2D eigenvalue weighted by Gasteiger charge is 2.34. The first-order valence-corrected chi connectivity index (χ1v) is 15.2. The molecule has 4 aromatic heterocycles. The number of hydrogen-bond donors (Lipinski definition) is 2. The second-order valence-electron chi connectivity index (χ2n) is 12.1. The first-order valence-electron chi connectivity index (χ1n) is 14.4. The first-order chi connectivity index (χ1) is 18.4. The normalized spacial score (nSPS) is 22.4. The molecule has 0 saturated carbocycles. The Morgan fingerprint density at radius 3 is 2.71 bits per heavy atom. The molecule has 1 unspecified atom stereocenters. The van der Waals surface area contributed by atoms with E-state index in [1.54, 1.807) is 6.33 Å². The van der Waals surface area contributed by atoms with Crippen molar-refractivity contribution in [1.29, 1.82) is 0 Å². The van der Waals surface area contributed by atoms with Gasteiger partial charge in [0.05, 0.1) is 11.7 Å². The summed E-state index contributed by atoms with van der Waals surface area (Å²) in [7, 11) is 0. The number of thiophene rings is 1. The number of aromatic nitrogens is 4. The molecule has 2 N–H and O–H groups in total. The lowest BCUT2D eigenvalue weighted by Gasteiger charge is -2.33. The lowest BCUT2D eigenvalue weighted by atomic mass is 9.89. The monoisotopic (exact) mass is 530 g/mol. The summed E-state index contributed by atoms with van der Waals surface area (Å²) in [5.74, 6) is 1.84. The van der Waals surface area contributed by atoms with Crippen LogP contribution in [0, 0.1) is 12.8 Å². The van der Waals surface area contributed by atoms with Crippen molar-refractivity contribution in [3.63, 3.8) is 0 Å². The number of carbonyl (C=O) groups is 1. The standard InChI is InChI=1S/C30H38N6OS/c1-16(2)24-25-18(4)27(19-8-10-35(11-9-19)30(37)23-12-17(3)13-31-23)38-29(25)34-26(24)22-14-36-28(32-15-33-36)21-7-5-6-20(21)22/h14-17,19,23,31,34H,5-13H2,1-4H3/t17-,23?/m0/s1. The van der Waals surface area contributed by atoms with Gasteiger partial charge in [0.1, 0.15) is 11.2 Å². The summed E-state index contributed by atoms with van der Waals surface area (Å²) in [4.78, 5) is 26.4. The highest BCUT2D eigenvalue weighted by atomic mass is 32.1. The lowest BCUT2D eigenvalue weighted by molar-refractivity contribution is -0.134. The van der Waals surface area contributed by atoms with Crippen LogP contribution in [-0.4, -0.2) is 56.1 Å². The van der Waals surface area contributed by atoms with E-state index in [0.717, 1.165) is 57.4 Å². The highest BCUT2D eigenvalue weighted by Crippen LogP contribution is 2.47. The molecule has 3 aliphatic rings. The number of amides is 1. The molecular formula is C30H38N6OS. The number of likely N-dealkylation sites (tertiary alicyclic amines) is 1. The first kappa shape index (κ1) is 24.3. The van der Waals surface area contributed by atoms with Gasteiger partial charge in [0.25, 0.3) is 0 Å². The molecule has 7 rings (SSSR count). The SMILES string of the molecule is Cc1c(C2CCN(C(=O)C3C[C@H](C)CN3)CC2)sc2[nH]c(-c3cn4ncnc4c4c3CCC4)c(C(C)C)c12. The Morgan fingerprint density at radius 2 is 1.97 bits per heavy atom. The number of nitrogens with one attached hydrogen (secondary N) is 2. The number of hydrogen-bond acceptors (Lipinski definition) is 5. The predicted molar refractivity (Wildman–Crippen MR) is 153 cm³/mol. The van der Waals surface area contributed by atoms with E-state index >= 15 is 0 Å². The summed E-state index contributed by atoms with van der Waals surface area (Å²) in [6.45, 7) is 11.9. The molecule has 8 heteroatoms. The lowest BCUT2D eigenvalue weighted by Crippen LogP contribution is -2.46. The Bertz CT molecular complexity index is 1540. The molecule has 0 spiro atoms. The second kappa shape index (κ2) is 9.19. The number of pyridine rings is 1. The molecule has 38 heavy (non-hydrogen) atoms. The van der Waals surface area contributed by atoms with Gasteiger partial charge in [0.2, 0.25) is 5.91 Å². The Hall–Kier alpha value is -2.71. The maximum Gasteiger partial charge on any atom is 0.239 e. The van der Waals surface area contributed by atoms with Gasteiger partial charge in [-0.05, 0) is 86.4 Å². The molecule has 2 atom stereocenters. The minimum Gasteiger partial charge on any atom is -0.346 e. The molecule has 2 saturated heterocycles. The van der Waals surface area contributed by atoms with Crippen LogP contribution >= 0.6 is 11.3 Å². The number of rotatable bonds is 4. The smallest absolute Gasteiger partial charge is 0.239 e. The Morgan fingerprint density at radius 1 is 1.18 bits per heavy atom. The van der Waals surface area contributed by atoms with E-state index in [1.165, 1.54) is 55.0 Å². The molecule has 1 aliphatic carbocycles. The minimum atomic E-state index is 0.0216. The van der Waals surface area contributed by atoms with E-state index in [0.29, 0.717) is 23.7 Å². The number of fused-ring (bicyclic) bond motifs is 4. The van der Waals surface area contributed by atoms with Gasteiger partial charge in [-0.15, -0.1) is 11.3 Å². The van der Waals surface area contributed by atoms with Crippen molar-refractivity contribution in [2.75, 3.05) is 19.6 Å². The van der Waals surface area contributed by atoms with Gasteiger partial charge in [-0.3, -0.25) is 4.79 Å². The molecule has 4 aromatic rings. The van der Waals surface area contributed by atoms with Crippen molar-refractivity contribution in [2.24, 2.45) is 5.92 Å². The minimum absolute atomic E-state index is 0.0216. The zero-order chi connectivity index (χ0) is 26.1. The molecule has 6 heterocycles. The fourth-order valence-electron chi connectivity index (χ4n) is 7.38. The molecule has 0 bridgehead atoms.